The largest absolute Gasteiger partial charge is 0.508 e. The van der Waals surface area contributed by atoms with Crippen LogP contribution >= 0.6 is 0 Å². The van der Waals surface area contributed by atoms with Gasteiger partial charge in [-0.3, -0.25) is 4.84 Å². The maximum atomic E-state index is 9.75. The minimum atomic E-state index is 0.277. The van der Waals surface area contributed by atoms with Crippen LogP contribution in [0.4, 0.5) is 0 Å². The third-order valence-corrected chi connectivity index (χ3v) is 3.03. The lowest BCUT2D eigenvalue weighted by molar-refractivity contribution is 0.122. The fraction of sp³-hybridized carbons (Fsp3) is 0.500. The van der Waals surface area contributed by atoms with Crippen molar-refractivity contribution in [1.29, 1.82) is 0 Å². The van der Waals surface area contributed by atoms with E-state index in [0.29, 0.717) is 5.75 Å². The van der Waals surface area contributed by atoms with E-state index in [-0.39, 0.29) is 6.61 Å². The van der Waals surface area contributed by atoms with Gasteiger partial charge in [-0.15, -0.1) is 0 Å². The summed E-state index contributed by atoms with van der Waals surface area (Å²) in [7, 11) is 0. The summed E-state index contributed by atoms with van der Waals surface area (Å²) in [5.74, 6) is 5.33. The molecule has 3 N–H and O–H groups in total. The second-order valence-corrected chi connectivity index (χ2v) is 4.12. The van der Waals surface area contributed by atoms with Crippen LogP contribution < -0.4 is 5.90 Å². The first-order valence-electron chi connectivity index (χ1n) is 5.46. The summed E-state index contributed by atoms with van der Waals surface area (Å²) in [5.41, 5.74) is 3.42. The molecule has 3 nitrogen and oxygen atoms in total. The van der Waals surface area contributed by atoms with Crippen molar-refractivity contribution < 1.29 is 9.94 Å². The van der Waals surface area contributed by atoms with Crippen molar-refractivity contribution in [2.24, 2.45) is 5.90 Å². The Labute approximate surface area is 89.8 Å². The fourth-order valence-electron chi connectivity index (χ4n) is 2.21. The lowest BCUT2D eigenvalue weighted by Crippen LogP contribution is -2.01. The fourth-order valence-corrected chi connectivity index (χ4v) is 2.21. The van der Waals surface area contributed by atoms with Gasteiger partial charge in [-0.05, 0) is 48.9 Å². The Morgan fingerprint density at radius 1 is 1.13 bits per heavy atom. The van der Waals surface area contributed by atoms with Crippen LogP contribution in [0.15, 0.2) is 12.1 Å². The Morgan fingerprint density at radius 3 is 2.47 bits per heavy atom. The molecule has 82 valence electrons. The first kappa shape index (κ1) is 10.5. The molecular formula is C12H17NO2. The van der Waals surface area contributed by atoms with Crippen molar-refractivity contribution in [1.82, 2.24) is 0 Å². The van der Waals surface area contributed by atoms with Crippen LogP contribution in [0.2, 0.25) is 0 Å². The summed E-state index contributed by atoms with van der Waals surface area (Å²) in [4.78, 5) is 4.57. The molecule has 0 bridgehead atoms. The van der Waals surface area contributed by atoms with Crippen molar-refractivity contribution >= 4 is 0 Å². The summed E-state index contributed by atoms with van der Waals surface area (Å²) in [6.07, 6.45) is 5.91. The zero-order valence-electron chi connectivity index (χ0n) is 8.83. The maximum absolute atomic E-state index is 9.75. The Balaban J connectivity index is 2.33. The summed E-state index contributed by atoms with van der Waals surface area (Å²) >= 11 is 0. The van der Waals surface area contributed by atoms with Crippen LogP contribution in [0.5, 0.6) is 5.75 Å². The molecule has 0 unspecified atom stereocenters. The van der Waals surface area contributed by atoms with Gasteiger partial charge in [-0.1, -0.05) is 6.42 Å². The van der Waals surface area contributed by atoms with Gasteiger partial charge in [0.15, 0.2) is 0 Å². The number of nitrogens with two attached hydrogens (primary N) is 1. The number of aromatic hydroxyl groups is 1. The molecule has 0 aliphatic heterocycles. The van der Waals surface area contributed by atoms with Gasteiger partial charge in [-0.25, -0.2) is 5.90 Å². The molecule has 1 aliphatic rings. The van der Waals surface area contributed by atoms with Crippen molar-refractivity contribution in [3.8, 4) is 5.75 Å². The number of fused-ring (bicyclic) bond motifs is 1. The van der Waals surface area contributed by atoms with E-state index in [4.69, 9.17) is 5.90 Å². The van der Waals surface area contributed by atoms with Gasteiger partial charge in [0.2, 0.25) is 0 Å². The molecule has 0 radical (unpaired) electrons. The molecule has 2 rings (SSSR count). The zero-order valence-corrected chi connectivity index (χ0v) is 8.83. The molecule has 15 heavy (non-hydrogen) atoms. The first-order chi connectivity index (χ1) is 7.31. The lowest BCUT2D eigenvalue weighted by Gasteiger charge is -2.10. The van der Waals surface area contributed by atoms with Crippen molar-refractivity contribution in [3.05, 3.63) is 28.8 Å². The van der Waals surface area contributed by atoms with Crippen molar-refractivity contribution in [2.75, 3.05) is 0 Å². The van der Waals surface area contributed by atoms with E-state index in [2.05, 4.69) is 4.84 Å². The molecule has 1 aliphatic carbocycles. The molecule has 1 aromatic rings. The first-order valence-corrected chi connectivity index (χ1v) is 5.46. The normalized spacial score (nSPS) is 15.8. The number of benzene rings is 1. The van der Waals surface area contributed by atoms with E-state index in [0.717, 1.165) is 18.4 Å². The topological polar surface area (TPSA) is 55.5 Å². The summed E-state index contributed by atoms with van der Waals surface area (Å²) in [5, 5.41) is 9.75. The van der Waals surface area contributed by atoms with Crippen LogP contribution in [0.1, 0.15) is 36.0 Å². The van der Waals surface area contributed by atoms with Crippen molar-refractivity contribution in [2.45, 2.75) is 38.7 Å². The highest BCUT2D eigenvalue weighted by Gasteiger charge is 2.11. The third-order valence-electron chi connectivity index (χ3n) is 3.03. The molecule has 0 saturated heterocycles. The van der Waals surface area contributed by atoms with Gasteiger partial charge in [0.05, 0.1) is 6.61 Å². The highest BCUT2D eigenvalue weighted by atomic mass is 16.6. The average Bonchev–Trinajstić information content (AvgIpc) is 2.44. The van der Waals surface area contributed by atoms with Gasteiger partial charge in [0.25, 0.3) is 0 Å². The van der Waals surface area contributed by atoms with Crippen LogP contribution in [0, 0.1) is 0 Å². The SMILES string of the molecule is NOCc1cc2c(cc1O)CCCCC2. The highest BCUT2D eigenvalue weighted by molar-refractivity contribution is 5.42. The standard InChI is InChI=1S/C12H17NO2/c13-15-8-11-6-9-4-2-1-3-5-10(9)7-12(11)14/h6-7,14H,1-5,8,13H2. The Hall–Kier alpha value is -1.06. The molecule has 0 amide bonds. The molecule has 0 spiro atoms. The number of aryl methyl sites for hydroxylation is 2. The van der Waals surface area contributed by atoms with E-state index in [1.807, 2.05) is 12.1 Å². The quantitative estimate of drug-likeness (QED) is 0.576. The monoisotopic (exact) mass is 207 g/mol. The van der Waals surface area contributed by atoms with Gasteiger partial charge in [0, 0.05) is 5.56 Å². The Morgan fingerprint density at radius 2 is 1.80 bits per heavy atom. The van der Waals surface area contributed by atoms with E-state index < -0.39 is 0 Å². The number of hydrogen-bond donors (Lipinski definition) is 2. The molecular weight excluding hydrogens is 190 g/mol. The molecule has 0 heterocycles. The molecule has 0 fully saturated rings. The minimum absolute atomic E-state index is 0.277. The maximum Gasteiger partial charge on any atom is 0.121 e. The zero-order chi connectivity index (χ0) is 10.7. The van der Waals surface area contributed by atoms with E-state index in [1.165, 1.54) is 30.4 Å². The molecule has 1 aromatic carbocycles. The van der Waals surface area contributed by atoms with Gasteiger partial charge >= 0.3 is 0 Å². The molecule has 0 aromatic heterocycles. The lowest BCUT2D eigenvalue weighted by atomic mass is 9.99. The number of phenolic OH excluding ortho intramolecular Hbond substituents is 1. The summed E-state index contributed by atoms with van der Waals surface area (Å²) < 4.78 is 0. The second kappa shape index (κ2) is 4.64. The summed E-state index contributed by atoms with van der Waals surface area (Å²) in [6.45, 7) is 0.277. The highest BCUT2D eigenvalue weighted by Crippen LogP contribution is 2.28. The predicted molar refractivity (Wildman–Crippen MR) is 58.3 cm³/mol. The van der Waals surface area contributed by atoms with Crippen LogP contribution in [0.25, 0.3) is 0 Å². The average molecular weight is 207 g/mol. The Bertz CT molecular complexity index is 350. The molecule has 3 heteroatoms. The molecule has 0 atom stereocenters. The van der Waals surface area contributed by atoms with E-state index >= 15 is 0 Å². The minimum Gasteiger partial charge on any atom is -0.508 e. The van der Waals surface area contributed by atoms with Gasteiger partial charge in [0.1, 0.15) is 5.75 Å². The van der Waals surface area contributed by atoms with E-state index in [1.54, 1.807) is 0 Å². The Kier molecular flexibility index (Phi) is 3.23. The number of hydrogen-bond acceptors (Lipinski definition) is 3. The molecule has 0 saturated carbocycles. The number of rotatable bonds is 2. The smallest absolute Gasteiger partial charge is 0.121 e. The van der Waals surface area contributed by atoms with Crippen LogP contribution in [-0.4, -0.2) is 5.11 Å². The third kappa shape index (κ3) is 2.30. The van der Waals surface area contributed by atoms with Crippen LogP contribution in [0.3, 0.4) is 0 Å². The van der Waals surface area contributed by atoms with Crippen LogP contribution in [-0.2, 0) is 24.3 Å². The van der Waals surface area contributed by atoms with Gasteiger partial charge in [-0.2, -0.15) is 0 Å². The number of phenols is 1. The van der Waals surface area contributed by atoms with Gasteiger partial charge < -0.3 is 5.11 Å². The predicted octanol–water partition coefficient (Wildman–Crippen LogP) is 2.05. The second-order valence-electron chi connectivity index (χ2n) is 4.12. The summed E-state index contributed by atoms with van der Waals surface area (Å²) in [6, 6.07) is 3.90. The van der Waals surface area contributed by atoms with Crippen molar-refractivity contribution in [3.63, 3.8) is 0 Å². The van der Waals surface area contributed by atoms with E-state index in [9.17, 15) is 5.11 Å².